The summed E-state index contributed by atoms with van der Waals surface area (Å²) >= 11 is 0. The number of benzene rings is 1. The minimum Gasteiger partial charge on any atom is -0.479 e. The van der Waals surface area contributed by atoms with Crippen molar-refractivity contribution in [1.82, 2.24) is 0 Å². The van der Waals surface area contributed by atoms with Gasteiger partial charge in [-0.05, 0) is 17.7 Å². The summed E-state index contributed by atoms with van der Waals surface area (Å²) in [6.07, 6.45) is -1.22. The lowest BCUT2D eigenvalue weighted by Gasteiger charge is -2.14. The van der Waals surface area contributed by atoms with Crippen LogP contribution in [0.2, 0.25) is 0 Å². The molecular formula is C11H11NO5. The van der Waals surface area contributed by atoms with Gasteiger partial charge in [-0.2, -0.15) is 5.06 Å². The number of hydrogen-bond donors (Lipinski definition) is 2. The van der Waals surface area contributed by atoms with Crippen LogP contribution in [0.15, 0.2) is 24.3 Å². The predicted molar refractivity (Wildman–Crippen MR) is 57.1 cm³/mol. The van der Waals surface area contributed by atoms with E-state index in [1.54, 1.807) is 0 Å². The average molecular weight is 237 g/mol. The molecule has 0 spiro atoms. The number of amides is 1. The van der Waals surface area contributed by atoms with Gasteiger partial charge in [0.25, 0.3) is 5.91 Å². The van der Waals surface area contributed by atoms with Crippen molar-refractivity contribution in [3.05, 3.63) is 29.8 Å². The summed E-state index contributed by atoms with van der Waals surface area (Å²) in [6.45, 7) is 0.346. The molecule has 1 aromatic rings. The van der Waals surface area contributed by atoms with Crippen molar-refractivity contribution in [2.75, 3.05) is 11.7 Å². The topological polar surface area (TPSA) is 87.1 Å². The molecule has 0 bridgehead atoms. The van der Waals surface area contributed by atoms with Crippen LogP contribution in [0.4, 0.5) is 5.69 Å². The fraction of sp³-hybridized carbons (Fsp3) is 0.273. The van der Waals surface area contributed by atoms with E-state index in [4.69, 9.17) is 9.94 Å². The van der Waals surface area contributed by atoms with Gasteiger partial charge in [0, 0.05) is 0 Å². The van der Waals surface area contributed by atoms with Crippen LogP contribution in [-0.2, 0) is 14.4 Å². The van der Waals surface area contributed by atoms with Crippen molar-refractivity contribution in [1.29, 1.82) is 0 Å². The zero-order valence-corrected chi connectivity index (χ0v) is 8.87. The molecule has 2 N–H and O–H groups in total. The third kappa shape index (κ3) is 2.27. The van der Waals surface area contributed by atoms with E-state index in [-0.39, 0.29) is 11.5 Å². The molecule has 0 aliphatic carbocycles. The van der Waals surface area contributed by atoms with E-state index in [0.29, 0.717) is 18.7 Å². The molecule has 6 heteroatoms. The molecule has 1 aliphatic rings. The van der Waals surface area contributed by atoms with Crippen molar-refractivity contribution >= 4 is 17.6 Å². The Hall–Kier alpha value is -1.92. The molecule has 90 valence electrons. The number of aliphatic carboxylic acids is 1. The van der Waals surface area contributed by atoms with Crippen LogP contribution < -0.4 is 5.06 Å². The first-order valence-corrected chi connectivity index (χ1v) is 5.06. The minimum atomic E-state index is -1.56. The Balaban J connectivity index is 2.18. The van der Waals surface area contributed by atoms with Crippen molar-refractivity contribution in [2.45, 2.75) is 12.5 Å². The van der Waals surface area contributed by atoms with E-state index in [2.05, 4.69) is 0 Å². The number of anilines is 1. The van der Waals surface area contributed by atoms with Crippen LogP contribution in [0.25, 0.3) is 0 Å². The Morgan fingerprint density at radius 3 is 2.47 bits per heavy atom. The summed E-state index contributed by atoms with van der Waals surface area (Å²) in [5.41, 5.74) is 0.779. The molecule has 17 heavy (non-hydrogen) atoms. The number of carbonyl (C=O) groups is 2. The van der Waals surface area contributed by atoms with Gasteiger partial charge in [0.1, 0.15) is 0 Å². The normalized spacial score (nSPS) is 17.2. The number of carbonyl (C=O) groups excluding carboxylic acids is 1. The number of hydroxylamine groups is 1. The molecule has 1 amide bonds. The first-order valence-electron chi connectivity index (χ1n) is 5.06. The predicted octanol–water partition coefficient (Wildman–Crippen LogP) is 0.473. The quantitative estimate of drug-likeness (QED) is 0.798. The van der Waals surface area contributed by atoms with E-state index < -0.39 is 12.1 Å². The Bertz CT molecular complexity index is 442. The molecule has 6 nitrogen and oxygen atoms in total. The third-order valence-electron chi connectivity index (χ3n) is 2.44. The van der Waals surface area contributed by atoms with Crippen molar-refractivity contribution in [3.8, 4) is 0 Å². The third-order valence-corrected chi connectivity index (χ3v) is 2.44. The number of carboxylic acid groups (broad SMARTS) is 1. The lowest BCUT2D eigenvalue weighted by atomic mass is 10.1. The second-order valence-electron chi connectivity index (χ2n) is 3.60. The summed E-state index contributed by atoms with van der Waals surface area (Å²) in [5, 5.41) is 19.1. The molecule has 1 atom stereocenters. The fourth-order valence-corrected chi connectivity index (χ4v) is 1.55. The number of rotatable bonds is 3. The van der Waals surface area contributed by atoms with Gasteiger partial charge in [-0.3, -0.25) is 9.63 Å². The molecule has 0 aromatic heterocycles. The maximum Gasteiger partial charge on any atom is 0.337 e. The second-order valence-corrected chi connectivity index (χ2v) is 3.60. The largest absolute Gasteiger partial charge is 0.479 e. The van der Waals surface area contributed by atoms with Gasteiger partial charge in [0.05, 0.1) is 18.7 Å². The van der Waals surface area contributed by atoms with Gasteiger partial charge in [-0.1, -0.05) is 12.1 Å². The molecule has 1 aromatic carbocycles. The lowest BCUT2D eigenvalue weighted by Crippen LogP contribution is -2.22. The van der Waals surface area contributed by atoms with E-state index in [0.717, 1.165) is 5.06 Å². The maximum atomic E-state index is 11.4. The average Bonchev–Trinajstić information content (AvgIpc) is 2.74. The number of hydrogen-bond acceptors (Lipinski definition) is 4. The molecule has 1 heterocycles. The van der Waals surface area contributed by atoms with Crippen LogP contribution in [0.3, 0.4) is 0 Å². The molecule has 1 saturated heterocycles. The first kappa shape index (κ1) is 11.6. The summed E-state index contributed by atoms with van der Waals surface area (Å²) in [7, 11) is 0. The van der Waals surface area contributed by atoms with E-state index in [9.17, 15) is 14.7 Å². The second kappa shape index (κ2) is 4.52. The van der Waals surface area contributed by atoms with Gasteiger partial charge in [0.15, 0.2) is 6.10 Å². The molecule has 1 unspecified atom stereocenters. The van der Waals surface area contributed by atoms with Crippen molar-refractivity contribution in [3.63, 3.8) is 0 Å². The Labute approximate surface area is 97.0 Å². The maximum absolute atomic E-state index is 11.4. The first-order chi connectivity index (χ1) is 8.09. The number of aliphatic hydroxyl groups is 1. The van der Waals surface area contributed by atoms with Crippen LogP contribution in [0.1, 0.15) is 18.1 Å². The monoisotopic (exact) mass is 237 g/mol. The zero-order chi connectivity index (χ0) is 12.4. The van der Waals surface area contributed by atoms with Gasteiger partial charge >= 0.3 is 5.97 Å². The molecule has 0 saturated carbocycles. The highest BCUT2D eigenvalue weighted by Gasteiger charge is 2.23. The van der Waals surface area contributed by atoms with E-state index in [1.807, 2.05) is 0 Å². The highest BCUT2D eigenvalue weighted by Crippen LogP contribution is 2.22. The molecule has 1 fully saturated rings. The molecule has 2 rings (SSSR count). The smallest absolute Gasteiger partial charge is 0.337 e. The summed E-state index contributed by atoms with van der Waals surface area (Å²) in [6, 6.07) is 5.96. The molecule has 0 radical (unpaired) electrons. The van der Waals surface area contributed by atoms with Crippen LogP contribution >= 0.6 is 0 Å². The summed E-state index contributed by atoms with van der Waals surface area (Å²) in [4.78, 5) is 27.0. The Kier molecular flexibility index (Phi) is 3.08. The Morgan fingerprint density at radius 2 is 2.00 bits per heavy atom. The highest BCUT2D eigenvalue weighted by atomic mass is 16.7. The lowest BCUT2D eigenvalue weighted by molar-refractivity contribution is -0.147. The molecular weight excluding hydrogens is 226 g/mol. The van der Waals surface area contributed by atoms with Crippen LogP contribution in [-0.4, -0.2) is 28.7 Å². The summed E-state index contributed by atoms with van der Waals surface area (Å²) in [5.74, 6) is -1.46. The van der Waals surface area contributed by atoms with Crippen molar-refractivity contribution < 1.29 is 24.6 Å². The molecule has 1 aliphatic heterocycles. The highest BCUT2D eigenvalue weighted by molar-refractivity contribution is 5.92. The zero-order valence-electron chi connectivity index (χ0n) is 8.87. The van der Waals surface area contributed by atoms with Gasteiger partial charge in [-0.25, -0.2) is 4.79 Å². The number of nitrogens with zero attached hydrogens (tertiary/aromatic N) is 1. The van der Waals surface area contributed by atoms with Crippen molar-refractivity contribution in [2.24, 2.45) is 0 Å². The van der Waals surface area contributed by atoms with Crippen LogP contribution in [0.5, 0.6) is 0 Å². The Morgan fingerprint density at radius 1 is 1.35 bits per heavy atom. The number of carboxylic acids is 1. The van der Waals surface area contributed by atoms with E-state index >= 15 is 0 Å². The van der Waals surface area contributed by atoms with Crippen LogP contribution in [0, 0.1) is 0 Å². The minimum absolute atomic E-state index is 0.142. The van der Waals surface area contributed by atoms with Gasteiger partial charge in [0.2, 0.25) is 0 Å². The van der Waals surface area contributed by atoms with Gasteiger partial charge < -0.3 is 10.2 Å². The summed E-state index contributed by atoms with van der Waals surface area (Å²) < 4.78 is 0. The fourth-order valence-electron chi connectivity index (χ4n) is 1.55. The standard InChI is InChI=1S/C11H11NO5/c13-9-5-6-17-12(9)8-3-1-7(2-4-8)10(14)11(15)16/h1-4,10,14H,5-6H2,(H,15,16). The van der Waals surface area contributed by atoms with E-state index in [1.165, 1.54) is 24.3 Å². The van der Waals surface area contributed by atoms with Gasteiger partial charge in [-0.15, -0.1) is 0 Å². The number of aliphatic hydroxyl groups excluding tert-OH is 1. The SMILES string of the molecule is O=C(O)C(O)c1ccc(N2OCCC2=O)cc1.